The van der Waals surface area contributed by atoms with Gasteiger partial charge in [0.15, 0.2) is 0 Å². The molecule has 4 rings (SSSR count). The van der Waals surface area contributed by atoms with Crippen LogP contribution in [0.5, 0.6) is 0 Å². The Labute approximate surface area is 179 Å². The van der Waals surface area contributed by atoms with E-state index in [1.165, 1.54) is 18.2 Å². The zero-order valence-electron chi connectivity index (χ0n) is 14.9. The van der Waals surface area contributed by atoms with Crippen molar-refractivity contribution in [2.75, 3.05) is 5.32 Å². The van der Waals surface area contributed by atoms with Crippen LogP contribution in [0.4, 0.5) is 18.9 Å². The Balaban J connectivity index is 1.65. The molecular formula is C21H14BF3INO2. The van der Waals surface area contributed by atoms with Crippen molar-refractivity contribution in [1.82, 2.24) is 0 Å². The minimum Gasteiger partial charge on any atom is -0.411 e. The third-order valence-electron chi connectivity index (χ3n) is 4.71. The van der Waals surface area contributed by atoms with E-state index in [0.29, 0.717) is 5.69 Å². The van der Waals surface area contributed by atoms with E-state index in [1.54, 1.807) is 12.1 Å². The zero-order chi connectivity index (χ0) is 20.6. The van der Waals surface area contributed by atoms with Gasteiger partial charge in [0.2, 0.25) is 0 Å². The van der Waals surface area contributed by atoms with Gasteiger partial charge in [-0.1, -0.05) is 48.5 Å². The fourth-order valence-corrected chi connectivity index (χ4v) is 4.23. The maximum Gasteiger partial charge on any atom is 0.417 e. The second-order valence-electron chi connectivity index (χ2n) is 6.58. The topological polar surface area (TPSA) is 38.3 Å². The molecule has 29 heavy (non-hydrogen) atoms. The summed E-state index contributed by atoms with van der Waals surface area (Å²) in [5.74, 6) is -0.806. The quantitative estimate of drug-likeness (QED) is 0.322. The summed E-state index contributed by atoms with van der Waals surface area (Å²) in [6.07, 6.45) is -4.60. The van der Waals surface area contributed by atoms with E-state index in [-0.39, 0.29) is 11.0 Å². The number of fused-ring (bicyclic) bond motifs is 1. The van der Waals surface area contributed by atoms with Gasteiger partial charge in [0, 0.05) is 5.69 Å². The summed E-state index contributed by atoms with van der Waals surface area (Å²) >= 11 is 2.19. The Morgan fingerprint density at radius 3 is 2.41 bits per heavy atom. The summed E-state index contributed by atoms with van der Waals surface area (Å²) < 4.78 is 45.5. The van der Waals surface area contributed by atoms with Gasteiger partial charge in [-0.3, -0.25) is 4.79 Å². The van der Waals surface area contributed by atoms with Crippen molar-refractivity contribution < 1.29 is 22.6 Å². The van der Waals surface area contributed by atoms with Crippen LogP contribution in [0.2, 0.25) is 0 Å². The lowest BCUT2D eigenvalue weighted by Gasteiger charge is -2.13. The Kier molecular flexibility index (Phi) is 5.39. The molecule has 1 aliphatic heterocycles. The van der Waals surface area contributed by atoms with Crippen molar-refractivity contribution in [3.8, 4) is 0 Å². The molecule has 1 atom stereocenters. The molecule has 146 valence electrons. The van der Waals surface area contributed by atoms with Crippen LogP contribution in [0.25, 0.3) is 0 Å². The van der Waals surface area contributed by atoms with Crippen LogP contribution in [0.3, 0.4) is 0 Å². The number of rotatable bonds is 3. The number of nitrogens with one attached hydrogen (secondary N) is 1. The Bertz CT molecular complexity index is 1060. The number of carbonyl (C=O) groups is 1. The molecule has 1 aliphatic rings. The fraction of sp³-hybridized carbons (Fsp3) is 0.0952. The third-order valence-corrected chi connectivity index (χ3v) is 5.67. The predicted octanol–water partition coefficient (Wildman–Crippen LogP) is 4.53. The first-order valence-electron chi connectivity index (χ1n) is 8.80. The Morgan fingerprint density at radius 2 is 1.69 bits per heavy atom. The van der Waals surface area contributed by atoms with Gasteiger partial charge in [0.05, 0.1) is 11.1 Å². The van der Waals surface area contributed by atoms with Crippen LogP contribution >= 0.6 is 22.6 Å². The van der Waals surface area contributed by atoms with Crippen molar-refractivity contribution in [1.29, 1.82) is 0 Å². The molecule has 0 bridgehead atoms. The maximum absolute atomic E-state index is 13.2. The number of hydrogen-bond acceptors (Lipinski definition) is 2. The lowest BCUT2D eigenvalue weighted by molar-refractivity contribution is -0.137. The van der Waals surface area contributed by atoms with E-state index in [9.17, 15) is 18.0 Å². The summed E-state index contributed by atoms with van der Waals surface area (Å²) in [6, 6.07) is 19.7. The molecule has 8 heteroatoms. The van der Waals surface area contributed by atoms with Crippen molar-refractivity contribution in [3.05, 3.63) is 89.5 Å². The molecule has 0 aliphatic carbocycles. The second-order valence-corrected chi connectivity index (χ2v) is 7.72. The van der Waals surface area contributed by atoms with Crippen LogP contribution in [0, 0.1) is 0 Å². The van der Waals surface area contributed by atoms with E-state index in [0.717, 1.165) is 22.6 Å². The van der Waals surface area contributed by atoms with Crippen molar-refractivity contribution in [2.45, 2.75) is 10.3 Å². The SMILES string of the molecule is O=C(Nc1ccc2c(c1)B(c1ccccc1)OC2I)c1ccccc1C(F)(F)F. The molecule has 3 nitrogen and oxygen atoms in total. The summed E-state index contributed by atoms with van der Waals surface area (Å²) in [7, 11) is 0. The number of hydrogen-bond donors (Lipinski definition) is 1. The lowest BCUT2D eigenvalue weighted by atomic mass is 9.56. The van der Waals surface area contributed by atoms with Gasteiger partial charge in [-0.05, 0) is 63.3 Å². The van der Waals surface area contributed by atoms with Gasteiger partial charge in [-0.2, -0.15) is 13.2 Å². The van der Waals surface area contributed by atoms with Crippen molar-refractivity contribution in [3.63, 3.8) is 0 Å². The minimum atomic E-state index is -4.60. The predicted molar refractivity (Wildman–Crippen MR) is 115 cm³/mol. The lowest BCUT2D eigenvalue weighted by Crippen LogP contribution is -2.41. The Morgan fingerprint density at radius 1 is 1.00 bits per heavy atom. The van der Waals surface area contributed by atoms with Gasteiger partial charge in [-0.25, -0.2) is 0 Å². The highest BCUT2D eigenvalue weighted by molar-refractivity contribution is 14.1. The van der Waals surface area contributed by atoms with E-state index >= 15 is 0 Å². The van der Waals surface area contributed by atoms with Gasteiger partial charge in [0.25, 0.3) is 5.91 Å². The number of alkyl halides is 4. The zero-order valence-corrected chi connectivity index (χ0v) is 17.1. The van der Waals surface area contributed by atoms with Crippen molar-refractivity contribution in [2.24, 2.45) is 0 Å². The van der Waals surface area contributed by atoms with Crippen LogP contribution in [-0.4, -0.2) is 12.8 Å². The van der Waals surface area contributed by atoms with E-state index < -0.39 is 23.2 Å². The largest absolute Gasteiger partial charge is 0.417 e. The molecule has 1 unspecified atom stereocenters. The first-order valence-corrected chi connectivity index (χ1v) is 10.0. The van der Waals surface area contributed by atoms with Crippen molar-refractivity contribution >= 4 is 52.0 Å². The van der Waals surface area contributed by atoms with E-state index in [1.807, 2.05) is 36.4 Å². The number of benzene rings is 3. The molecule has 0 saturated heterocycles. The minimum absolute atomic E-state index is 0.150. The standard InChI is InChI=1S/C21H14BF3INO2/c23-21(24,25)17-9-5-4-8-15(17)20(28)27-14-10-11-16-18(12-14)22(29-19(16)26)13-6-2-1-3-7-13/h1-12,19H,(H,27,28). The second kappa shape index (κ2) is 7.83. The van der Waals surface area contributed by atoms with E-state index in [4.69, 9.17) is 4.65 Å². The summed E-state index contributed by atoms with van der Waals surface area (Å²) in [4.78, 5) is 12.6. The van der Waals surface area contributed by atoms with Gasteiger partial charge in [-0.15, -0.1) is 0 Å². The molecule has 0 aromatic heterocycles. The first kappa shape index (κ1) is 20.0. The molecule has 1 amide bonds. The summed E-state index contributed by atoms with van der Waals surface area (Å²) in [5, 5.41) is 2.59. The average molecular weight is 507 g/mol. The highest BCUT2D eigenvalue weighted by atomic mass is 127. The van der Waals surface area contributed by atoms with Gasteiger partial charge >= 0.3 is 13.1 Å². The Hall–Kier alpha value is -2.33. The van der Waals surface area contributed by atoms with Crippen LogP contribution in [0.1, 0.15) is 25.6 Å². The molecule has 1 N–H and O–H groups in total. The smallest absolute Gasteiger partial charge is 0.411 e. The molecular weight excluding hydrogens is 493 g/mol. The molecule has 0 spiro atoms. The average Bonchev–Trinajstić information content (AvgIpc) is 3.04. The number of halogens is 4. The maximum atomic E-state index is 13.2. The monoisotopic (exact) mass is 507 g/mol. The number of amides is 1. The molecule has 0 fully saturated rings. The first-order chi connectivity index (χ1) is 13.8. The highest BCUT2D eigenvalue weighted by Gasteiger charge is 2.36. The van der Waals surface area contributed by atoms with E-state index in [2.05, 4.69) is 27.9 Å². The summed E-state index contributed by atoms with van der Waals surface area (Å²) in [6.45, 7) is -0.299. The molecule has 0 radical (unpaired) electrons. The molecule has 0 saturated carbocycles. The molecule has 1 heterocycles. The normalized spacial score (nSPS) is 15.9. The van der Waals surface area contributed by atoms with Gasteiger partial charge < -0.3 is 9.97 Å². The number of carbonyl (C=O) groups excluding carboxylic acids is 1. The number of anilines is 1. The highest BCUT2D eigenvalue weighted by Crippen LogP contribution is 2.33. The third kappa shape index (κ3) is 4.04. The van der Waals surface area contributed by atoms with Crippen LogP contribution < -0.4 is 16.2 Å². The summed E-state index contributed by atoms with van der Waals surface area (Å²) in [5.41, 5.74) is 1.88. The molecule has 3 aromatic rings. The molecule has 3 aromatic carbocycles. The van der Waals surface area contributed by atoms with Crippen LogP contribution in [0.15, 0.2) is 72.8 Å². The fourth-order valence-electron chi connectivity index (χ4n) is 3.37. The van der Waals surface area contributed by atoms with Gasteiger partial charge in [0.1, 0.15) is 4.11 Å². The van der Waals surface area contributed by atoms with Crippen LogP contribution in [-0.2, 0) is 10.8 Å².